The summed E-state index contributed by atoms with van der Waals surface area (Å²) in [5.74, 6) is 0.779. The third kappa shape index (κ3) is 5.80. The van der Waals surface area contributed by atoms with Gasteiger partial charge >= 0.3 is 0 Å². The van der Waals surface area contributed by atoms with E-state index in [0.29, 0.717) is 57.1 Å². The maximum atomic E-state index is 13.1. The maximum absolute atomic E-state index is 13.1. The third-order valence-corrected chi connectivity index (χ3v) is 6.08. The molecule has 11 nitrogen and oxygen atoms in total. The molecule has 1 N–H and O–H groups in total. The number of nitrogens with zero attached hydrogens (tertiary/aromatic N) is 5. The number of pyridine rings is 1. The molecule has 0 aliphatic carbocycles. The fourth-order valence-corrected chi connectivity index (χ4v) is 4.24. The minimum Gasteiger partial charge on any atom is -0.494 e. The smallest absolute Gasteiger partial charge is 0.274 e. The van der Waals surface area contributed by atoms with E-state index in [0.717, 1.165) is 5.75 Å². The van der Waals surface area contributed by atoms with Crippen molar-refractivity contribution < 1.29 is 23.8 Å². The Labute approximate surface area is 208 Å². The summed E-state index contributed by atoms with van der Waals surface area (Å²) in [4.78, 5) is 32.0. The number of benzene rings is 1. The number of nitrogens with one attached hydrogen (secondary N) is 1. The van der Waals surface area contributed by atoms with Crippen LogP contribution in [0.5, 0.6) is 11.5 Å². The summed E-state index contributed by atoms with van der Waals surface area (Å²) >= 11 is 0. The average molecular weight is 493 g/mol. The summed E-state index contributed by atoms with van der Waals surface area (Å²) in [6, 6.07) is 12.5. The van der Waals surface area contributed by atoms with Gasteiger partial charge in [0.05, 0.1) is 38.1 Å². The van der Waals surface area contributed by atoms with Gasteiger partial charge in [0.15, 0.2) is 11.4 Å². The van der Waals surface area contributed by atoms with E-state index in [2.05, 4.69) is 20.6 Å². The van der Waals surface area contributed by atoms with Crippen LogP contribution in [0.25, 0.3) is 0 Å². The average Bonchev–Trinajstić information content (AvgIpc) is 3.52. The molecule has 1 fully saturated rings. The summed E-state index contributed by atoms with van der Waals surface area (Å²) in [5.41, 5.74) is 0.859. The number of aromatic nitrogens is 4. The Kier molecular flexibility index (Phi) is 7.36. The second-order valence-corrected chi connectivity index (χ2v) is 8.66. The van der Waals surface area contributed by atoms with Crippen LogP contribution in [0.2, 0.25) is 0 Å². The van der Waals surface area contributed by atoms with Crippen LogP contribution in [0.3, 0.4) is 0 Å². The van der Waals surface area contributed by atoms with Gasteiger partial charge in [0.2, 0.25) is 5.91 Å². The highest BCUT2D eigenvalue weighted by molar-refractivity contribution is 5.95. The largest absolute Gasteiger partial charge is 0.494 e. The van der Waals surface area contributed by atoms with E-state index in [1.165, 1.54) is 0 Å². The van der Waals surface area contributed by atoms with E-state index >= 15 is 0 Å². The minimum atomic E-state index is -0.408. The van der Waals surface area contributed by atoms with Crippen molar-refractivity contribution in [3.8, 4) is 11.5 Å². The van der Waals surface area contributed by atoms with Crippen molar-refractivity contribution in [1.82, 2.24) is 30.2 Å². The lowest BCUT2D eigenvalue weighted by atomic mass is 10.2. The predicted molar refractivity (Wildman–Crippen MR) is 127 cm³/mol. The number of hydrogen-bond donors (Lipinski definition) is 1. The number of amides is 2. The van der Waals surface area contributed by atoms with Gasteiger partial charge in [-0.05, 0) is 30.7 Å². The first kappa shape index (κ1) is 23.7. The van der Waals surface area contributed by atoms with Gasteiger partial charge in [0, 0.05) is 25.7 Å². The van der Waals surface area contributed by atoms with Crippen LogP contribution in [-0.2, 0) is 22.7 Å². The number of hydrogen-bond acceptors (Lipinski definition) is 8. The van der Waals surface area contributed by atoms with Crippen molar-refractivity contribution >= 4 is 11.8 Å². The SMILES string of the molecule is O=C1N[C@H]2CN(C(=O)CCCOc3ccccc3)C[C@@H]2OCc2cn(nn2)CCOc2cccnc21. The number of likely N-dealkylation sites (tertiary alicyclic amines) is 1. The fraction of sp³-hybridized carbons (Fsp3) is 0.400. The Bertz CT molecular complexity index is 1190. The summed E-state index contributed by atoms with van der Waals surface area (Å²) in [7, 11) is 0. The molecule has 2 atom stereocenters. The first-order valence-corrected chi connectivity index (χ1v) is 12.0. The molecule has 2 aliphatic heterocycles. The van der Waals surface area contributed by atoms with Gasteiger partial charge in [-0.15, -0.1) is 5.10 Å². The van der Waals surface area contributed by atoms with Gasteiger partial charge in [-0.25, -0.2) is 9.67 Å². The van der Waals surface area contributed by atoms with E-state index in [4.69, 9.17) is 14.2 Å². The predicted octanol–water partition coefficient (Wildman–Crippen LogP) is 1.45. The monoisotopic (exact) mass is 492 g/mol. The van der Waals surface area contributed by atoms with Crippen LogP contribution in [-0.4, -0.2) is 75.1 Å². The molecule has 2 aliphatic rings. The number of ether oxygens (including phenoxy) is 3. The van der Waals surface area contributed by atoms with Crippen molar-refractivity contribution in [1.29, 1.82) is 0 Å². The molecular weight excluding hydrogens is 464 g/mol. The number of para-hydroxylation sites is 1. The maximum Gasteiger partial charge on any atom is 0.274 e. The van der Waals surface area contributed by atoms with Crippen LogP contribution in [0.1, 0.15) is 29.0 Å². The first-order valence-electron chi connectivity index (χ1n) is 12.0. The van der Waals surface area contributed by atoms with Gasteiger partial charge in [-0.2, -0.15) is 0 Å². The topological polar surface area (TPSA) is 121 Å². The molecule has 0 saturated carbocycles. The lowest BCUT2D eigenvalue weighted by Gasteiger charge is -2.20. The molecule has 3 aromatic rings. The lowest BCUT2D eigenvalue weighted by molar-refractivity contribution is -0.131. The number of carbonyl (C=O) groups excluding carboxylic acids is 2. The van der Waals surface area contributed by atoms with E-state index in [-0.39, 0.29) is 24.1 Å². The van der Waals surface area contributed by atoms with Crippen LogP contribution in [0.4, 0.5) is 0 Å². The highest BCUT2D eigenvalue weighted by Crippen LogP contribution is 2.20. The van der Waals surface area contributed by atoms with Crippen molar-refractivity contribution in [2.24, 2.45) is 0 Å². The van der Waals surface area contributed by atoms with Crippen LogP contribution in [0, 0.1) is 0 Å². The Morgan fingerprint density at radius 2 is 2.06 bits per heavy atom. The Hall–Kier alpha value is -3.99. The summed E-state index contributed by atoms with van der Waals surface area (Å²) in [5, 5.41) is 11.2. The van der Waals surface area contributed by atoms with E-state index in [9.17, 15) is 9.59 Å². The van der Waals surface area contributed by atoms with Crippen molar-refractivity contribution in [2.45, 2.75) is 38.1 Å². The number of carbonyl (C=O) groups is 2. The van der Waals surface area contributed by atoms with Gasteiger partial charge in [-0.1, -0.05) is 23.4 Å². The van der Waals surface area contributed by atoms with Crippen LogP contribution < -0.4 is 14.8 Å². The Morgan fingerprint density at radius 1 is 1.17 bits per heavy atom. The van der Waals surface area contributed by atoms with Gasteiger partial charge < -0.3 is 24.4 Å². The number of rotatable bonds is 5. The minimum absolute atomic E-state index is 0.0114. The molecule has 188 valence electrons. The van der Waals surface area contributed by atoms with Crippen molar-refractivity contribution in [3.05, 3.63) is 66.2 Å². The molecule has 2 bridgehead atoms. The zero-order valence-electron chi connectivity index (χ0n) is 19.8. The molecule has 4 heterocycles. The lowest BCUT2D eigenvalue weighted by Crippen LogP contribution is -2.44. The molecule has 5 rings (SSSR count). The highest BCUT2D eigenvalue weighted by atomic mass is 16.5. The Balaban J connectivity index is 1.25. The summed E-state index contributed by atoms with van der Waals surface area (Å²) in [6.07, 6.45) is 3.87. The Morgan fingerprint density at radius 3 is 2.94 bits per heavy atom. The molecule has 0 radical (unpaired) electrons. The number of fused-ring (bicyclic) bond motifs is 4. The molecule has 1 saturated heterocycles. The van der Waals surface area contributed by atoms with Crippen molar-refractivity contribution in [2.75, 3.05) is 26.3 Å². The molecule has 0 spiro atoms. The second-order valence-electron chi connectivity index (χ2n) is 8.66. The van der Waals surface area contributed by atoms with Gasteiger partial charge in [-0.3, -0.25) is 9.59 Å². The highest BCUT2D eigenvalue weighted by Gasteiger charge is 2.37. The molecular formula is C25H28N6O5. The van der Waals surface area contributed by atoms with E-state index in [1.54, 1.807) is 34.1 Å². The molecule has 0 unspecified atom stereocenters. The van der Waals surface area contributed by atoms with Gasteiger partial charge in [0.1, 0.15) is 18.1 Å². The molecule has 2 aromatic heterocycles. The zero-order valence-corrected chi connectivity index (χ0v) is 19.8. The molecule has 2 amide bonds. The first-order chi connectivity index (χ1) is 17.7. The summed E-state index contributed by atoms with van der Waals surface area (Å²) < 4.78 is 19.3. The quantitative estimate of drug-likeness (QED) is 0.532. The summed E-state index contributed by atoms with van der Waals surface area (Å²) in [6.45, 7) is 2.14. The second kappa shape index (κ2) is 11.2. The van der Waals surface area contributed by atoms with Crippen LogP contribution in [0.15, 0.2) is 54.9 Å². The van der Waals surface area contributed by atoms with E-state index in [1.807, 2.05) is 30.3 Å². The third-order valence-electron chi connectivity index (χ3n) is 6.08. The zero-order chi connectivity index (χ0) is 24.7. The molecule has 11 heteroatoms. The molecule has 1 aromatic carbocycles. The van der Waals surface area contributed by atoms with Gasteiger partial charge in [0.25, 0.3) is 5.91 Å². The van der Waals surface area contributed by atoms with Crippen molar-refractivity contribution in [3.63, 3.8) is 0 Å². The standard InChI is InChI=1S/C25H28N6O5/c32-23(9-5-12-34-19-6-2-1-3-7-19)30-15-20-22(16-30)36-17-18-14-31(29-28-18)11-13-35-21-8-4-10-26-24(21)25(33)27-20/h1-4,6-8,10,14,20,22H,5,9,11-13,15-17H2,(H,27,33)/t20-,22-/m0/s1. The van der Waals surface area contributed by atoms with Crippen LogP contribution >= 0.6 is 0 Å². The molecule has 36 heavy (non-hydrogen) atoms. The normalized spacial score (nSPS) is 19.9. The van der Waals surface area contributed by atoms with E-state index < -0.39 is 12.1 Å². The fourth-order valence-electron chi connectivity index (χ4n) is 4.24.